The molecule has 2 aromatic rings. The van der Waals surface area contributed by atoms with Crippen LogP contribution in [0.25, 0.3) is 10.9 Å². The fraction of sp³-hybridized carbons (Fsp3) is 0.429. The average Bonchev–Trinajstić information content (AvgIpc) is 2.91. The minimum Gasteiger partial charge on any atom is -0.368 e. The first kappa shape index (κ1) is 12.6. The molecule has 1 N–H and O–H groups in total. The quantitative estimate of drug-likeness (QED) is 0.872. The largest absolute Gasteiger partial charge is 0.368 e. The van der Waals surface area contributed by atoms with Crippen molar-refractivity contribution in [1.29, 1.82) is 0 Å². The van der Waals surface area contributed by atoms with Crippen LogP contribution in [0.4, 0.5) is 5.82 Å². The molecule has 5 heteroatoms. The number of benzene rings is 1. The monoisotopic (exact) mass is 276 g/mol. The predicted molar refractivity (Wildman–Crippen MR) is 78.7 cm³/mol. The van der Waals surface area contributed by atoms with E-state index in [0.717, 1.165) is 29.8 Å². The summed E-state index contributed by atoms with van der Waals surface area (Å²) in [6.45, 7) is 4.37. The molecule has 0 unspecified atom stereocenters. The van der Waals surface area contributed by atoms with E-state index >= 15 is 0 Å². The standard InChI is InChI=1S/C14H17ClN4/c15-14-17-12-6-2-1-5-11(12)13(18-14)16-7-10-19-8-3-4-9-19/h1-2,5-6H,3-4,7-10H2,(H,16,17,18). The highest BCUT2D eigenvalue weighted by Gasteiger charge is 2.11. The first-order chi connectivity index (χ1) is 9.33. The predicted octanol–water partition coefficient (Wildman–Crippen LogP) is 2.79. The smallest absolute Gasteiger partial charge is 0.224 e. The SMILES string of the molecule is Clc1nc(NCCN2CCCC2)c2ccccc2n1. The van der Waals surface area contributed by atoms with E-state index in [9.17, 15) is 0 Å². The minimum absolute atomic E-state index is 0.294. The van der Waals surface area contributed by atoms with Crippen molar-refractivity contribution in [2.24, 2.45) is 0 Å². The van der Waals surface area contributed by atoms with Gasteiger partial charge in [-0.25, -0.2) is 9.97 Å². The van der Waals surface area contributed by atoms with E-state index in [0.29, 0.717) is 5.28 Å². The molecule has 0 spiro atoms. The molecule has 0 amide bonds. The second-order valence-corrected chi connectivity index (χ2v) is 5.17. The molecule has 4 nitrogen and oxygen atoms in total. The highest BCUT2D eigenvalue weighted by Crippen LogP contribution is 2.21. The molecule has 1 aliphatic rings. The van der Waals surface area contributed by atoms with Gasteiger partial charge in [0.1, 0.15) is 5.82 Å². The van der Waals surface area contributed by atoms with Crippen molar-refractivity contribution in [2.75, 3.05) is 31.5 Å². The molecular formula is C14H17ClN4. The molecule has 1 fully saturated rings. The Morgan fingerprint density at radius 1 is 1.16 bits per heavy atom. The van der Waals surface area contributed by atoms with Crippen molar-refractivity contribution in [3.8, 4) is 0 Å². The first-order valence-corrected chi connectivity index (χ1v) is 7.09. The second kappa shape index (κ2) is 5.72. The van der Waals surface area contributed by atoms with Crippen molar-refractivity contribution in [3.63, 3.8) is 0 Å². The van der Waals surface area contributed by atoms with E-state index in [4.69, 9.17) is 11.6 Å². The molecule has 1 aromatic carbocycles. The van der Waals surface area contributed by atoms with Gasteiger partial charge in [0.2, 0.25) is 5.28 Å². The van der Waals surface area contributed by atoms with E-state index in [-0.39, 0.29) is 0 Å². The number of fused-ring (bicyclic) bond motifs is 1. The maximum atomic E-state index is 5.96. The molecule has 0 aliphatic carbocycles. The lowest BCUT2D eigenvalue weighted by molar-refractivity contribution is 0.352. The number of hydrogen-bond acceptors (Lipinski definition) is 4. The minimum atomic E-state index is 0.294. The molecule has 0 radical (unpaired) electrons. The third-order valence-corrected chi connectivity index (χ3v) is 3.66. The zero-order chi connectivity index (χ0) is 13.1. The van der Waals surface area contributed by atoms with Gasteiger partial charge in [-0.3, -0.25) is 0 Å². The summed E-state index contributed by atoms with van der Waals surface area (Å²) in [5.74, 6) is 0.829. The molecule has 0 bridgehead atoms. The Morgan fingerprint density at radius 3 is 2.79 bits per heavy atom. The van der Waals surface area contributed by atoms with E-state index < -0.39 is 0 Å². The molecule has 1 aliphatic heterocycles. The van der Waals surface area contributed by atoms with Gasteiger partial charge in [0.05, 0.1) is 5.52 Å². The Hall–Kier alpha value is -1.39. The first-order valence-electron chi connectivity index (χ1n) is 6.71. The van der Waals surface area contributed by atoms with Crippen LogP contribution in [-0.4, -0.2) is 41.0 Å². The number of halogens is 1. The highest BCUT2D eigenvalue weighted by molar-refractivity contribution is 6.28. The van der Waals surface area contributed by atoms with Gasteiger partial charge in [-0.2, -0.15) is 0 Å². The summed E-state index contributed by atoms with van der Waals surface area (Å²) in [6.07, 6.45) is 2.64. The van der Waals surface area contributed by atoms with Crippen LogP contribution in [0.2, 0.25) is 5.28 Å². The van der Waals surface area contributed by atoms with Gasteiger partial charge in [-0.1, -0.05) is 12.1 Å². The Balaban J connectivity index is 1.72. The van der Waals surface area contributed by atoms with Gasteiger partial charge in [-0.05, 0) is 49.7 Å². The molecule has 19 heavy (non-hydrogen) atoms. The number of aromatic nitrogens is 2. The molecule has 1 aromatic heterocycles. The van der Waals surface area contributed by atoms with E-state index in [1.54, 1.807) is 0 Å². The van der Waals surface area contributed by atoms with Crippen LogP contribution >= 0.6 is 11.6 Å². The van der Waals surface area contributed by atoms with Gasteiger partial charge in [-0.15, -0.1) is 0 Å². The van der Waals surface area contributed by atoms with Crippen molar-refractivity contribution in [1.82, 2.24) is 14.9 Å². The van der Waals surface area contributed by atoms with E-state index in [1.807, 2.05) is 24.3 Å². The fourth-order valence-corrected chi connectivity index (χ4v) is 2.70. The topological polar surface area (TPSA) is 41.1 Å². The summed E-state index contributed by atoms with van der Waals surface area (Å²) in [7, 11) is 0. The Labute approximate surface area is 117 Å². The normalized spacial score (nSPS) is 16.1. The molecule has 0 saturated carbocycles. The number of anilines is 1. The lowest BCUT2D eigenvalue weighted by atomic mass is 10.2. The fourth-order valence-electron chi connectivity index (χ4n) is 2.52. The van der Waals surface area contributed by atoms with Crippen molar-refractivity contribution in [3.05, 3.63) is 29.5 Å². The van der Waals surface area contributed by atoms with Crippen LogP contribution in [-0.2, 0) is 0 Å². The summed E-state index contributed by atoms with van der Waals surface area (Å²) >= 11 is 5.96. The number of likely N-dealkylation sites (tertiary alicyclic amines) is 1. The Morgan fingerprint density at radius 2 is 1.95 bits per heavy atom. The van der Waals surface area contributed by atoms with E-state index in [2.05, 4.69) is 20.2 Å². The Bertz CT molecular complexity index is 566. The summed E-state index contributed by atoms with van der Waals surface area (Å²) in [6, 6.07) is 7.92. The number of rotatable bonds is 4. The molecular weight excluding hydrogens is 260 g/mol. The zero-order valence-corrected chi connectivity index (χ0v) is 11.5. The summed E-state index contributed by atoms with van der Waals surface area (Å²) in [5, 5.41) is 4.69. The van der Waals surface area contributed by atoms with Crippen LogP contribution in [0, 0.1) is 0 Å². The van der Waals surface area contributed by atoms with Gasteiger partial charge in [0.25, 0.3) is 0 Å². The van der Waals surface area contributed by atoms with Crippen LogP contribution in [0.5, 0.6) is 0 Å². The van der Waals surface area contributed by atoms with Gasteiger partial charge in [0.15, 0.2) is 0 Å². The summed E-state index contributed by atoms with van der Waals surface area (Å²) in [4.78, 5) is 11.0. The highest BCUT2D eigenvalue weighted by atomic mass is 35.5. The second-order valence-electron chi connectivity index (χ2n) is 4.83. The molecule has 100 valence electrons. The Kier molecular flexibility index (Phi) is 3.80. The van der Waals surface area contributed by atoms with Crippen molar-refractivity contribution >= 4 is 28.3 Å². The molecule has 2 heterocycles. The number of hydrogen-bond donors (Lipinski definition) is 1. The van der Waals surface area contributed by atoms with Gasteiger partial charge >= 0.3 is 0 Å². The van der Waals surface area contributed by atoms with Crippen LogP contribution < -0.4 is 5.32 Å². The number of nitrogens with zero attached hydrogens (tertiary/aromatic N) is 3. The molecule has 0 atom stereocenters. The summed E-state index contributed by atoms with van der Waals surface area (Å²) in [5.41, 5.74) is 0.881. The van der Waals surface area contributed by atoms with Gasteiger partial charge in [0, 0.05) is 18.5 Å². The lowest BCUT2D eigenvalue weighted by Crippen LogP contribution is -2.26. The van der Waals surface area contributed by atoms with Crippen LogP contribution in [0.3, 0.4) is 0 Å². The third-order valence-electron chi connectivity index (χ3n) is 3.50. The van der Waals surface area contributed by atoms with Crippen LogP contribution in [0.1, 0.15) is 12.8 Å². The van der Waals surface area contributed by atoms with E-state index in [1.165, 1.54) is 25.9 Å². The summed E-state index contributed by atoms with van der Waals surface area (Å²) < 4.78 is 0. The number of nitrogens with one attached hydrogen (secondary N) is 1. The van der Waals surface area contributed by atoms with Crippen LogP contribution in [0.15, 0.2) is 24.3 Å². The van der Waals surface area contributed by atoms with Gasteiger partial charge < -0.3 is 10.2 Å². The zero-order valence-electron chi connectivity index (χ0n) is 10.8. The maximum absolute atomic E-state index is 5.96. The maximum Gasteiger partial charge on any atom is 0.224 e. The third kappa shape index (κ3) is 2.96. The van der Waals surface area contributed by atoms with Crippen molar-refractivity contribution in [2.45, 2.75) is 12.8 Å². The average molecular weight is 277 g/mol. The lowest BCUT2D eigenvalue weighted by Gasteiger charge is -2.15. The molecule has 3 rings (SSSR count). The number of para-hydroxylation sites is 1. The molecule has 1 saturated heterocycles. The van der Waals surface area contributed by atoms with Crippen molar-refractivity contribution < 1.29 is 0 Å².